The van der Waals surface area contributed by atoms with Gasteiger partial charge >= 0.3 is 0 Å². The molecule has 0 aromatic heterocycles. The maximum Gasteiger partial charge on any atom is 0.267 e. The zero-order chi connectivity index (χ0) is 10.7. The smallest absolute Gasteiger partial charge is 0.267 e. The summed E-state index contributed by atoms with van der Waals surface area (Å²) >= 11 is 0. The van der Waals surface area contributed by atoms with E-state index in [2.05, 4.69) is 0 Å². The van der Waals surface area contributed by atoms with Gasteiger partial charge < -0.3 is 0 Å². The van der Waals surface area contributed by atoms with Crippen molar-refractivity contribution in [2.75, 3.05) is 0 Å². The number of benzene rings is 1. The fourth-order valence-corrected chi connectivity index (χ4v) is 1.08. The van der Waals surface area contributed by atoms with Crippen molar-refractivity contribution in [3.63, 3.8) is 0 Å². The Balaban J connectivity index is 3.50. The molecule has 0 aliphatic carbocycles. The molecule has 0 N–H and O–H groups in total. The van der Waals surface area contributed by atoms with Gasteiger partial charge in [0, 0.05) is 11.1 Å². The maximum absolute atomic E-state index is 12.8. The van der Waals surface area contributed by atoms with E-state index in [1.165, 1.54) is 0 Å². The fraction of sp³-hybridized carbons (Fsp3) is 0.111. The predicted octanol–water partition coefficient (Wildman–Crippen LogP) is 2.39. The summed E-state index contributed by atoms with van der Waals surface area (Å²) in [6.45, 7) is 0. The monoisotopic (exact) mass is 202 g/mol. The van der Waals surface area contributed by atoms with Crippen molar-refractivity contribution in [1.82, 2.24) is 0 Å². The molecule has 0 heterocycles. The predicted molar refractivity (Wildman–Crippen MR) is 42.1 cm³/mol. The van der Waals surface area contributed by atoms with Gasteiger partial charge in [0.25, 0.3) is 6.43 Å². The number of carbonyl (C=O) groups is 2. The number of carbonyl (C=O) groups excluding carboxylic acids is 2. The van der Waals surface area contributed by atoms with Crippen LogP contribution in [-0.2, 0) is 0 Å². The van der Waals surface area contributed by atoms with Gasteiger partial charge in [0.05, 0.1) is 5.56 Å². The number of rotatable bonds is 3. The second-order valence-electron chi connectivity index (χ2n) is 2.50. The van der Waals surface area contributed by atoms with Gasteiger partial charge in [0.15, 0.2) is 12.6 Å². The zero-order valence-electron chi connectivity index (χ0n) is 6.84. The second kappa shape index (κ2) is 4.04. The average molecular weight is 202 g/mol. The normalized spacial score (nSPS) is 10.3. The van der Waals surface area contributed by atoms with E-state index in [4.69, 9.17) is 0 Å². The summed E-state index contributed by atoms with van der Waals surface area (Å²) in [7, 11) is 0. The van der Waals surface area contributed by atoms with Gasteiger partial charge in [-0.3, -0.25) is 9.59 Å². The van der Waals surface area contributed by atoms with Crippen molar-refractivity contribution in [2.24, 2.45) is 0 Å². The third-order valence-electron chi connectivity index (χ3n) is 1.73. The number of hydrogen-bond acceptors (Lipinski definition) is 2. The Labute approximate surface area is 77.3 Å². The molecule has 0 fully saturated rings. The van der Waals surface area contributed by atoms with E-state index in [0.29, 0.717) is 0 Å². The lowest BCUT2D eigenvalue weighted by Gasteiger charge is -2.06. The van der Waals surface area contributed by atoms with Gasteiger partial charge in [0.2, 0.25) is 0 Å². The average Bonchev–Trinajstić information content (AvgIpc) is 2.16. The highest BCUT2D eigenvalue weighted by Gasteiger charge is 2.20. The summed E-state index contributed by atoms with van der Waals surface area (Å²) in [5, 5.41) is 0. The Bertz CT molecular complexity index is 375. The quantitative estimate of drug-likeness (QED) is 0.705. The summed E-state index contributed by atoms with van der Waals surface area (Å²) in [4.78, 5) is 20.8. The van der Waals surface area contributed by atoms with Crippen LogP contribution in [0, 0.1) is 5.82 Å². The summed E-state index contributed by atoms with van der Waals surface area (Å²) in [5.74, 6) is -1.19. The number of halogens is 3. The Morgan fingerprint density at radius 2 is 1.79 bits per heavy atom. The van der Waals surface area contributed by atoms with Crippen molar-refractivity contribution < 1.29 is 22.8 Å². The fourth-order valence-electron chi connectivity index (χ4n) is 1.08. The molecule has 0 aliphatic rings. The first-order valence-corrected chi connectivity index (χ1v) is 3.62. The molecule has 0 radical (unpaired) electrons. The molecule has 1 aromatic rings. The largest absolute Gasteiger partial charge is 0.298 e. The Morgan fingerprint density at radius 3 is 2.21 bits per heavy atom. The molecule has 2 nitrogen and oxygen atoms in total. The van der Waals surface area contributed by atoms with E-state index in [1.807, 2.05) is 0 Å². The van der Waals surface area contributed by atoms with Crippen LogP contribution in [-0.4, -0.2) is 12.6 Å². The highest BCUT2D eigenvalue weighted by Crippen LogP contribution is 2.26. The molecule has 0 spiro atoms. The van der Waals surface area contributed by atoms with Gasteiger partial charge in [-0.1, -0.05) is 0 Å². The Hall–Kier alpha value is -1.65. The molecule has 14 heavy (non-hydrogen) atoms. The minimum atomic E-state index is -3.12. The van der Waals surface area contributed by atoms with Crippen LogP contribution in [0.4, 0.5) is 13.2 Å². The highest BCUT2D eigenvalue weighted by molar-refractivity contribution is 5.91. The summed E-state index contributed by atoms with van der Waals surface area (Å²) in [6.07, 6.45) is -2.83. The van der Waals surface area contributed by atoms with Gasteiger partial charge in [0.1, 0.15) is 5.82 Å². The Morgan fingerprint density at radius 1 is 1.14 bits per heavy atom. The third kappa shape index (κ3) is 1.66. The van der Waals surface area contributed by atoms with E-state index < -0.39 is 23.4 Å². The molecule has 1 aromatic carbocycles. The molecule has 0 bridgehead atoms. The minimum absolute atomic E-state index is 0.0499. The summed E-state index contributed by atoms with van der Waals surface area (Å²) < 4.78 is 37.4. The molecular formula is C9H5F3O2. The van der Waals surface area contributed by atoms with Gasteiger partial charge in [-0.15, -0.1) is 0 Å². The molecule has 1 rings (SSSR count). The van der Waals surface area contributed by atoms with Crippen molar-refractivity contribution in [2.45, 2.75) is 6.43 Å². The SMILES string of the molecule is O=Cc1ccc(F)c(C(F)F)c1C=O. The molecule has 0 aliphatic heterocycles. The van der Waals surface area contributed by atoms with Crippen LogP contribution >= 0.6 is 0 Å². The van der Waals surface area contributed by atoms with Crippen molar-refractivity contribution in [3.8, 4) is 0 Å². The van der Waals surface area contributed by atoms with E-state index >= 15 is 0 Å². The van der Waals surface area contributed by atoms with Crippen molar-refractivity contribution in [1.29, 1.82) is 0 Å². The molecule has 0 saturated carbocycles. The number of alkyl halides is 2. The number of aldehydes is 2. The van der Waals surface area contributed by atoms with Crippen LogP contribution in [0.5, 0.6) is 0 Å². The lowest BCUT2D eigenvalue weighted by atomic mass is 10.0. The third-order valence-corrected chi connectivity index (χ3v) is 1.73. The van der Waals surface area contributed by atoms with Crippen LogP contribution in [0.2, 0.25) is 0 Å². The van der Waals surface area contributed by atoms with Crippen molar-refractivity contribution in [3.05, 3.63) is 34.6 Å². The minimum Gasteiger partial charge on any atom is -0.298 e. The standard InChI is InChI=1S/C9H5F3O2/c10-7-2-1-5(3-13)6(4-14)8(7)9(11)12/h1-4,9H. The second-order valence-corrected chi connectivity index (χ2v) is 2.50. The lowest BCUT2D eigenvalue weighted by Crippen LogP contribution is -2.02. The number of hydrogen-bond donors (Lipinski definition) is 0. The lowest BCUT2D eigenvalue weighted by molar-refractivity contribution is 0.108. The molecule has 0 amide bonds. The molecule has 0 unspecified atom stereocenters. The van der Waals surface area contributed by atoms with Crippen LogP contribution in [0.15, 0.2) is 12.1 Å². The van der Waals surface area contributed by atoms with Crippen molar-refractivity contribution >= 4 is 12.6 Å². The maximum atomic E-state index is 12.8. The summed E-state index contributed by atoms with van der Waals surface area (Å²) in [6, 6.07) is 1.72. The summed E-state index contributed by atoms with van der Waals surface area (Å²) in [5.41, 5.74) is -1.85. The topological polar surface area (TPSA) is 34.1 Å². The first-order valence-electron chi connectivity index (χ1n) is 3.62. The highest BCUT2D eigenvalue weighted by atomic mass is 19.3. The van der Waals surface area contributed by atoms with Crippen LogP contribution < -0.4 is 0 Å². The molecule has 0 atom stereocenters. The van der Waals surface area contributed by atoms with E-state index in [1.54, 1.807) is 0 Å². The van der Waals surface area contributed by atoms with Gasteiger partial charge in [-0.2, -0.15) is 0 Å². The van der Waals surface area contributed by atoms with E-state index in [9.17, 15) is 22.8 Å². The van der Waals surface area contributed by atoms with Crippen LogP contribution in [0.3, 0.4) is 0 Å². The molecular weight excluding hydrogens is 197 g/mol. The molecule has 74 valence electrons. The zero-order valence-corrected chi connectivity index (χ0v) is 6.84. The first-order chi connectivity index (χ1) is 6.61. The van der Waals surface area contributed by atoms with E-state index in [0.717, 1.165) is 12.1 Å². The Kier molecular flexibility index (Phi) is 3.01. The molecule has 0 saturated heterocycles. The van der Waals surface area contributed by atoms with Gasteiger partial charge in [-0.05, 0) is 12.1 Å². The van der Waals surface area contributed by atoms with Crippen LogP contribution in [0.1, 0.15) is 32.7 Å². The van der Waals surface area contributed by atoms with Crippen LogP contribution in [0.25, 0.3) is 0 Å². The molecule has 5 heteroatoms. The van der Waals surface area contributed by atoms with Gasteiger partial charge in [-0.25, -0.2) is 13.2 Å². The van der Waals surface area contributed by atoms with E-state index in [-0.39, 0.29) is 18.1 Å². The first kappa shape index (κ1) is 10.4.